The minimum atomic E-state index is 0.365. The van der Waals surface area contributed by atoms with Crippen LogP contribution in [0.2, 0.25) is 0 Å². The molecule has 1 N–H and O–H groups in total. The predicted molar refractivity (Wildman–Crippen MR) is 56.3 cm³/mol. The van der Waals surface area contributed by atoms with E-state index in [2.05, 4.69) is 27.7 Å². The summed E-state index contributed by atoms with van der Waals surface area (Å²) in [6.45, 7) is 10.4. The van der Waals surface area contributed by atoms with Gasteiger partial charge in [0.25, 0.3) is 0 Å². The zero-order valence-corrected chi connectivity index (χ0v) is 9.48. The monoisotopic (exact) mass is 190 g/mol. The summed E-state index contributed by atoms with van der Waals surface area (Å²) in [6, 6.07) is 0.730. The van der Waals surface area contributed by atoms with Crippen LogP contribution >= 0.6 is 11.8 Å². The third kappa shape index (κ3) is 3.48. The lowest BCUT2D eigenvalue weighted by Crippen LogP contribution is -2.32. The molecule has 0 saturated heterocycles. The second-order valence-electron chi connectivity index (χ2n) is 3.31. The Morgan fingerprint density at radius 3 is 1.92 bits per heavy atom. The van der Waals surface area contributed by atoms with Crippen molar-refractivity contribution in [3.63, 3.8) is 0 Å². The van der Waals surface area contributed by atoms with Crippen molar-refractivity contribution in [1.29, 1.82) is 0 Å². The third-order valence-electron chi connectivity index (χ3n) is 1.61. The molecule has 0 aliphatic carbocycles. The number of nitrogens with zero attached hydrogens (tertiary/aromatic N) is 1. The highest BCUT2D eigenvalue weighted by Gasteiger charge is 2.20. The summed E-state index contributed by atoms with van der Waals surface area (Å²) in [6.07, 6.45) is 0. The Bertz CT molecular complexity index is 154. The lowest BCUT2D eigenvalue weighted by molar-refractivity contribution is -0.591. The summed E-state index contributed by atoms with van der Waals surface area (Å²) < 4.78 is 2.02. The molecule has 0 aromatic heterocycles. The maximum absolute atomic E-state index is 9.66. The van der Waals surface area contributed by atoms with Gasteiger partial charge in [0, 0.05) is 5.75 Å². The van der Waals surface area contributed by atoms with E-state index in [1.165, 1.54) is 11.8 Å². The zero-order chi connectivity index (χ0) is 9.72. The number of hydrogen-bond acceptors (Lipinski definition) is 1. The number of thioether (sulfide) groups is 1. The van der Waals surface area contributed by atoms with Crippen LogP contribution in [0.3, 0.4) is 0 Å². The fourth-order valence-electron chi connectivity index (χ4n) is 1.24. The molecule has 0 heterocycles. The zero-order valence-electron chi connectivity index (χ0n) is 8.66. The highest BCUT2D eigenvalue weighted by Crippen LogP contribution is 2.06. The number of rotatable bonds is 3. The molecule has 0 aliphatic rings. The largest absolute Gasteiger partial charge is 0.455 e. The first kappa shape index (κ1) is 11.8. The van der Waals surface area contributed by atoms with Gasteiger partial charge in [-0.2, -0.15) is 4.58 Å². The molecule has 0 bridgehead atoms. The van der Waals surface area contributed by atoms with E-state index in [-0.39, 0.29) is 0 Å². The molecule has 0 aliphatic heterocycles. The molecule has 0 spiro atoms. The number of hydrogen-bond donors (Lipinski definition) is 1. The van der Waals surface area contributed by atoms with Gasteiger partial charge in [0.1, 0.15) is 0 Å². The standard InChI is InChI=1S/C9H19NOS/c1-6-12-9(11)10(7(2)3)8(4)5/h7-8H,6H2,1-5H3/p+1. The SMILES string of the molecule is CCSC(O)=[N+](C(C)C)C(C)C. The van der Waals surface area contributed by atoms with Crippen LogP contribution in [0.25, 0.3) is 0 Å². The maximum atomic E-state index is 9.66. The highest BCUT2D eigenvalue weighted by atomic mass is 32.2. The lowest BCUT2D eigenvalue weighted by atomic mass is 10.3. The van der Waals surface area contributed by atoms with Gasteiger partial charge in [-0.1, -0.05) is 6.92 Å². The summed E-state index contributed by atoms with van der Waals surface area (Å²) in [5.74, 6) is 0.918. The van der Waals surface area contributed by atoms with E-state index >= 15 is 0 Å². The summed E-state index contributed by atoms with van der Waals surface area (Å²) in [7, 11) is 0. The molecule has 0 saturated carbocycles. The van der Waals surface area contributed by atoms with Gasteiger partial charge >= 0.3 is 5.23 Å². The van der Waals surface area contributed by atoms with Crippen LogP contribution in [-0.4, -0.2) is 32.7 Å². The molecule has 72 valence electrons. The van der Waals surface area contributed by atoms with E-state index in [1.807, 2.05) is 11.5 Å². The molecule has 0 radical (unpaired) electrons. The third-order valence-corrected chi connectivity index (χ3v) is 2.36. The van der Waals surface area contributed by atoms with Crippen LogP contribution in [0.5, 0.6) is 0 Å². The normalized spacial score (nSPS) is 10.9. The van der Waals surface area contributed by atoms with Crippen molar-refractivity contribution < 1.29 is 9.68 Å². The van der Waals surface area contributed by atoms with E-state index in [4.69, 9.17) is 0 Å². The van der Waals surface area contributed by atoms with Crippen molar-refractivity contribution in [2.45, 2.75) is 46.7 Å². The molecular formula is C9H20NOS+. The van der Waals surface area contributed by atoms with Crippen LogP contribution in [0, 0.1) is 0 Å². The van der Waals surface area contributed by atoms with Crippen molar-refractivity contribution in [2.24, 2.45) is 0 Å². The van der Waals surface area contributed by atoms with Crippen molar-refractivity contribution in [2.75, 3.05) is 5.75 Å². The number of aliphatic hydroxyl groups excluding tert-OH is 1. The molecule has 3 heteroatoms. The van der Waals surface area contributed by atoms with Gasteiger partial charge in [-0.15, -0.1) is 0 Å². The van der Waals surface area contributed by atoms with Crippen molar-refractivity contribution in [3.8, 4) is 0 Å². The molecule has 0 atom stereocenters. The molecule has 12 heavy (non-hydrogen) atoms. The molecule has 2 nitrogen and oxygen atoms in total. The lowest BCUT2D eigenvalue weighted by Gasteiger charge is -2.11. The molecule has 0 aromatic carbocycles. The summed E-state index contributed by atoms with van der Waals surface area (Å²) >= 11 is 1.49. The molecule has 0 unspecified atom stereocenters. The highest BCUT2D eigenvalue weighted by molar-refractivity contribution is 8.13. The summed E-state index contributed by atoms with van der Waals surface area (Å²) in [5, 5.41) is 10.1. The van der Waals surface area contributed by atoms with Crippen molar-refractivity contribution >= 4 is 17.0 Å². The van der Waals surface area contributed by atoms with Gasteiger partial charge in [-0.05, 0) is 39.5 Å². The fraction of sp³-hybridized carbons (Fsp3) is 0.889. The van der Waals surface area contributed by atoms with E-state index in [9.17, 15) is 5.11 Å². The predicted octanol–water partition coefficient (Wildman–Crippen LogP) is 2.48. The minimum absolute atomic E-state index is 0.365. The Labute approximate surface area is 79.7 Å². The second-order valence-corrected chi connectivity index (χ2v) is 4.54. The van der Waals surface area contributed by atoms with Gasteiger partial charge in [-0.25, -0.2) is 0 Å². The van der Waals surface area contributed by atoms with Gasteiger partial charge in [0.2, 0.25) is 0 Å². The van der Waals surface area contributed by atoms with E-state index < -0.39 is 0 Å². The van der Waals surface area contributed by atoms with Crippen molar-refractivity contribution in [3.05, 3.63) is 0 Å². The van der Waals surface area contributed by atoms with E-state index in [0.717, 1.165) is 5.75 Å². The molecule has 0 rings (SSSR count). The van der Waals surface area contributed by atoms with Crippen LogP contribution in [0.1, 0.15) is 34.6 Å². The average molecular weight is 190 g/mol. The van der Waals surface area contributed by atoms with Crippen LogP contribution in [0.4, 0.5) is 0 Å². The van der Waals surface area contributed by atoms with Crippen molar-refractivity contribution in [1.82, 2.24) is 0 Å². The Hall–Kier alpha value is -0.180. The van der Waals surface area contributed by atoms with Crippen LogP contribution in [-0.2, 0) is 0 Å². The van der Waals surface area contributed by atoms with Crippen LogP contribution < -0.4 is 0 Å². The Morgan fingerprint density at radius 2 is 1.67 bits per heavy atom. The summed E-state index contributed by atoms with van der Waals surface area (Å²) in [5.41, 5.74) is 0. The molecule has 0 amide bonds. The second kappa shape index (κ2) is 5.46. The number of aliphatic hydroxyl groups is 1. The first-order valence-corrected chi connectivity index (χ1v) is 5.46. The van der Waals surface area contributed by atoms with Gasteiger partial charge in [-0.3, -0.25) is 0 Å². The maximum Gasteiger partial charge on any atom is 0.398 e. The summed E-state index contributed by atoms with van der Waals surface area (Å²) in [4.78, 5) is 0. The van der Waals surface area contributed by atoms with Gasteiger partial charge in [0.15, 0.2) is 12.1 Å². The Morgan fingerprint density at radius 1 is 1.25 bits per heavy atom. The molecular weight excluding hydrogens is 170 g/mol. The molecule has 0 fully saturated rings. The Kier molecular flexibility index (Phi) is 5.38. The smallest absolute Gasteiger partial charge is 0.398 e. The first-order valence-electron chi connectivity index (χ1n) is 4.47. The van der Waals surface area contributed by atoms with E-state index in [1.54, 1.807) is 0 Å². The minimum Gasteiger partial charge on any atom is -0.455 e. The van der Waals surface area contributed by atoms with Gasteiger partial charge < -0.3 is 5.11 Å². The van der Waals surface area contributed by atoms with Crippen LogP contribution in [0.15, 0.2) is 0 Å². The van der Waals surface area contributed by atoms with E-state index in [0.29, 0.717) is 17.3 Å². The Balaban J connectivity index is 4.56. The fourth-order valence-corrected chi connectivity index (χ4v) is 2.07. The topological polar surface area (TPSA) is 23.2 Å². The molecule has 0 aromatic rings. The average Bonchev–Trinajstić information content (AvgIpc) is 1.85. The first-order chi connectivity index (χ1) is 5.50. The quantitative estimate of drug-likeness (QED) is 0.420. The van der Waals surface area contributed by atoms with Gasteiger partial charge in [0.05, 0.1) is 0 Å².